The lowest BCUT2D eigenvalue weighted by molar-refractivity contribution is 0.0698. The molecular weight excluding hydrogens is 256 g/mol. The molecule has 0 atom stereocenters. The van der Waals surface area contributed by atoms with Gasteiger partial charge in [0, 0.05) is 6.54 Å². The lowest BCUT2D eigenvalue weighted by Gasteiger charge is -2.38. The van der Waals surface area contributed by atoms with Gasteiger partial charge in [-0.2, -0.15) is 0 Å². The number of aromatic nitrogens is 1. The minimum absolute atomic E-state index is 0.0935. The second-order valence-corrected chi connectivity index (χ2v) is 5.93. The number of nitrogens with two attached hydrogens (primary N) is 1. The lowest BCUT2D eigenvalue weighted by atomic mass is 9.80. The minimum Gasteiger partial charge on any atom is -0.478 e. The van der Waals surface area contributed by atoms with E-state index < -0.39 is 5.97 Å². The van der Waals surface area contributed by atoms with Crippen molar-refractivity contribution in [3.05, 3.63) is 17.8 Å². The molecule has 1 aliphatic heterocycles. The number of likely N-dealkylation sites (tertiary alicyclic amines) is 1. The molecule has 1 aliphatic rings. The zero-order chi connectivity index (χ0) is 14.8. The van der Waals surface area contributed by atoms with Gasteiger partial charge in [-0.3, -0.25) is 0 Å². The molecule has 0 radical (unpaired) electrons. The fourth-order valence-electron chi connectivity index (χ4n) is 2.39. The summed E-state index contributed by atoms with van der Waals surface area (Å²) < 4.78 is 0. The number of aromatic carboxylic acids is 1. The fraction of sp³-hybridized carbons (Fsp3) is 0.571. The van der Waals surface area contributed by atoms with Gasteiger partial charge in [-0.15, -0.1) is 0 Å². The van der Waals surface area contributed by atoms with Crippen molar-refractivity contribution in [1.82, 2.24) is 9.88 Å². The van der Waals surface area contributed by atoms with Crippen molar-refractivity contribution >= 4 is 17.5 Å². The third-order valence-corrected chi connectivity index (χ3v) is 4.06. The van der Waals surface area contributed by atoms with Gasteiger partial charge >= 0.3 is 5.97 Å². The fourth-order valence-corrected chi connectivity index (χ4v) is 2.39. The van der Waals surface area contributed by atoms with E-state index in [0.29, 0.717) is 5.82 Å². The summed E-state index contributed by atoms with van der Waals surface area (Å²) in [5, 5.41) is 12.3. The number of nitrogen functional groups attached to an aromatic ring is 1. The summed E-state index contributed by atoms with van der Waals surface area (Å²) in [5.74, 6) is -0.463. The number of hydrogen-bond donors (Lipinski definition) is 3. The number of rotatable bonds is 4. The number of anilines is 2. The van der Waals surface area contributed by atoms with Crippen LogP contribution in [0.15, 0.2) is 12.3 Å². The Morgan fingerprint density at radius 1 is 1.55 bits per heavy atom. The Morgan fingerprint density at radius 3 is 2.80 bits per heavy atom. The van der Waals surface area contributed by atoms with Gasteiger partial charge < -0.3 is 21.1 Å². The van der Waals surface area contributed by atoms with Gasteiger partial charge in [-0.25, -0.2) is 9.78 Å². The van der Waals surface area contributed by atoms with Crippen LogP contribution in [0.25, 0.3) is 0 Å². The average molecular weight is 278 g/mol. The van der Waals surface area contributed by atoms with Crippen LogP contribution in [0.1, 0.15) is 30.1 Å². The van der Waals surface area contributed by atoms with Crippen LogP contribution in [0.2, 0.25) is 0 Å². The number of nitrogens with one attached hydrogen (secondary N) is 1. The Hall–Kier alpha value is -1.82. The molecular formula is C14H22N4O2. The third-order valence-electron chi connectivity index (χ3n) is 4.06. The molecule has 0 unspecified atom stereocenters. The average Bonchev–Trinajstić information content (AvgIpc) is 2.41. The van der Waals surface area contributed by atoms with E-state index in [1.54, 1.807) is 0 Å². The second kappa shape index (κ2) is 5.66. The molecule has 1 fully saturated rings. The van der Waals surface area contributed by atoms with Crippen molar-refractivity contribution in [3.8, 4) is 0 Å². The summed E-state index contributed by atoms with van der Waals surface area (Å²) in [5.41, 5.74) is 6.10. The maximum atomic E-state index is 11.0. The number of hydrogen-bond acceptors (Lipinski definition) is 5. The summed E-state index contributed by atoms with van der Waals surface area (Å²) in [6.45, 7) is 5.22. The van der Waals surface area contributed by atoms with E-state index in [1.165, 1.54) is 12.3 Å². The molecule has 0 aromatic carbocycles. The van der Waals surface area contributed by atoms with Crippen LogP contribution in [0.3, 0.4) is 0 Å². The van der Waals surface area contributed by atoms with Gasteiger partial charge in [0.05, 0.1) is 17.4 Å². The molecule has 6 nitrogen and oxygen atoms in total. The maximum Gasteiger partial charge on any atom is 0.337 e. The normalized spacial score (nSPS) is 18.7. The molecule has 2 heterocycles. The van der Waals surface area contributed by atoms with E-state index in [0.717, 1.165) is 32.5 Å². The largest absolute Gasteiger partial charge is 0.478 e. The van der Waals surface area contributed by atoms with Crippen molar-refractivity contribution in [3.63, 3.8) is 0 Å². The zero-order valence-corrected chi connectivity index (χ0v) is 12.0. The highest BCUT2D eigenvalue weighted by atomic mass is 16.4. The second-order valence-electron chi connectivity index (χ2n) is 5.93. The van der Waals surface area contributed by atoms with E-state index in [-0.39, 0.29) is 16.7 Å². The van der Waals surface area contributed by atoms with Crippen LogP contribution in [-0.2, 0) is 0 Å². The van der Waals surface area contributed by atoms with Crippen LogP contribution in [0, 0.1) is 5.41 Å². The van der Waals surface area contributed by atoms with E-state index in [2.05, 4.69) is 29.2 Å². The van der Waals surface area contributed by atoms with Gasteiger partial charge in [-0.1, -0.05) is 6.92 Å². The van der Waals surface area contributed by atoms with Crippen LogP contribution in [0.4, 0.5) is 11.5 Å². The summed E-state index contributed by atoms with van der Waals surface area (Å²) in [6.07, 6.45) is 3.64. The molecule has 110 valence electrons. The van der Waals surface area contributed by atoms with E-state index in [9.17, 15) is 4.79 Å². The van der Waals surface area contributed by atoms with Gasteiger partial charge in [0.2, 0.25) is 0 Å². The SMILES string of the molecule is CN1CCC(C)(CNc2cc(C(=O)O)c(N)cn2)CC1. The van der Waals surface area contributed by atoms with Crippen molar-refractivity contribution < 1.29 is 9.90 Å². The molecule has 0 aliphatic carbocycles. The predicted molar refractivity (Wildman–Crippen MR) is 78.9 cm³/mol. The molecule has 20 heavy (non-hydrogen) atoms. The smallest absolute Gasteiger partial charge is 0.337 e. The van der Waals surface area contributed by atoms with E-state index >= 15 is 0 Å². The minimum atomic E-state index is -1.03. The summed E-state index contributed by atoms with van der Waals surface area (Å²) >= 11 is 0. The lowest BCUT2D eigenvalue weighted by Crippen LogP contribution is -2.40. The van der Waals surface area contributed by atoms with Gasteiger partial charge in [0.1, 0.15) is 5.82 Å². The Kier molecular flexibility index (Phi) is 4.13. The zero-order valence-electron chi connectivity index (χ0n) is 12.0. The summed E-state index contributed by atoms with van der Waals surface area (Å²) in [6, 6.07) is 1.50. The molecule has 0 amide bonds. The van der Waals surface area contributed by atoms with Crippen LogP contribution in [-0.4, -0.2) is 47.6 Å². The van der Waals surface area contributed by atoms with Crippen molar-refractivity contribution in [1.29, 1.82) is 0 Å². The Bertz CT molecular complexity index is 496. The topological polar surface area (TPSA) is 91.5 Å². The molecule has 1 aromatic heterocycles. The quantitative estimate of drug-likeness (QED) is 0.773. The Morgan fingerprint density at radius 2 is 2.20 bits per heavy atom. The Labute approximate surface area is 119 Å². The monoisotopic (exact) mass is 278 g/mol. The first-order chi connectivity index (χ1) is 9.39. The molecule has 4 N–H and O–H groups in total. The van der Waals surface area contributed by atoms with Crippen LogP contribution >= 0.6 is 0 Å². The van der Waals surface area contributed by atoms with Gasteiger partial charge in [0.25, 0.3) is 0 Å². The molecule has 1 aromatic rings. The van der Waals surface area contributed by atoms with Crippen LogP contribution < -0.4 is 11.1 Å². The maximum absolute atomic E-state index is 11.0. The summed E-state index contributed by atoms with van der Waals surface area (Å²) in [7, 11) is 2.13. The molecule has 0 saturated carbocycles. The first kappa shape index (κ1) is 14.6. The first-order valence-corrected chi connectivity index (χ1v) is 6.81. The molecule has 1 saturated heterocycles. The highest BCUT2D eigenvalue weighted by molar-refractivity contribution is 5.94. The van der Waals surface area contributed by atoms with Crippen LogP contribution in [0.5, 0.6) is 0 Å². The standard InChI is InChI=1S/C14H22N4O2/c1-14(3-5-18(2)6-4-14)9-17-12-7-10(13(19)20)11(15)8-16-12/h7-8H,3-6,9,15H2,1-2H3,(H,16,17)(H,19,20). The highest BCUT2D eigenvalue weighted by Gasteiger charge is 2.28. The number of nitrogens with zero attached hydrogens (tertiary/aromatic N) is 2. The number of carboxylic acid groups (broad SMARTS) is 1. The van der Waals surface area contributed by atoms with Gasteiger partial charge in [0.15, 0.2) is 0 Å². The first-order valence-electron chi connectivity index (χ1n) is 6.81. The molecule has 6 heteroatoms. The van der Waals surface area contributed by atoms with Crippen molar-refractivity contribution in [2.45, 2.75) is 19.8 Å². The van der Waals surface area contributed by atoms with Crippen molar-refractivity contribution in [2.75, 3.05) is 37.7 Å². The van der Waals surface area contributed by atoms with Crippen molar-refractivity contribution in [2.24, 2.45) is 5.41 Å². The number of carbonyl (C=O) groups is 1. The predicted octanol–water partition coefficient (Wildman–Crippen LogP) is 1.51. The van der Waals surface area contributed by atoms with E-state index in [1.807, 2.05) is 0 Å². The number of piperidine rings is 1. The number of pyridine rings is 1. The Balaban J connectivity index is 2.00. The third kappa shape index (κ3) is 3.39. The molecule has 0 spiro atoms. The number of carboxylic acids is 1. The molecule has 2 rings (SSSR count). The van der Waals surface area contributed by atoms with E-state index in [4.69, 9.17) is 10.8 Å². The molecule has 0 bridgehead atoms. The van der Waals surface area contributed by atoms with Gasteiger partial charge in [-0.05, 0) is 44.5 Å². The highest BCUT2D eigenvalue weighted by Crippen LogP contribution is 2.30. The summed E-state index contributed by atoms with van der Waals surface area (Å²) in [4.78, 5) is 17.5.